The highest BCUT2D eigenvalue weighted by atomic mass is 15.2. The van der Waals surface area contributed by atoms with E-state index in [1.54, 1.807) is 0 Å². The molecule has 17 heavy (non-hydrogen) atoms. The zero-order valence-electron chi connectivity index (χ0n) is 11.6. The van der Waals surface area contributed by atoms with Gasteiger partial charge in [-0.15, -0.1) is 0 Å². The average Bonchev–Trinajstić information content (AvgIpc) is 2.97. The first-order valence-electron chi connectivity index (χ1n) is 7.37. The SMILES string of the molecule is CNCC1CCN(CCN(C)C2CCCC2)C1. The van der Waals surface area contributed by atoms with Gasteiger partial charge in [0.1, 0.15) is 0 Å². The molecule has 1 N–H and O–H groups in total. The highest BCUT2D eigenvalue weighted by molar-refractivity contribution is 4.79. The number of likely N-dealkylation sites (N-methyl/N-ethyl adjacent to an activating group) is 1. The van der Waals surface area contributed by atoms with Crippen LogP contribution in [-0.4, -0.2) is 62.7 Å². The van der Waals surface area contributed by atoms with Gasteiger partial charge < -0.3 is 15.1 Å². The van der Waals surface area contributed by atoms with Crippen LogP contribution in [0.3, 0.4) is 0 Å². The Bertz CT molecular complexity index is 214. The van der Waals surface area contributed by atoms with Gasteiger partial charge in [0.25, 0.3) is 0 Å². The van der Waals surface area contributed by atoms with Crippen LogP contribution in [0.5, 0.6) is 0 Å². The van der Waals surface area contributed by atoms with Crippen molar-refractivity contribution in [1.29, 1.82) is 0 Å². The Balaban J connectivity index is 1.61. The van der Waals surface area contributed by atoms with E-state index >= 15 is 0 Å². The molecule has 1 heterocycles. The molecule has 0 spiro atoms. The number of hydrogen-bond donors (Lipinski definition) is 1. The second kappa shape index (κ2) is 6.72. The molecule has 1 saturated carbocycles. The van der Waals surface area contributed by atoms with Crippen LogP contribution in [0.25, 0.3) is 0 Å². The Morgan fingerprint density at radius 3 is 2.71 bits per heavy atom. The number of rotatable bonds is 6. The number of hydrogen-bond acceptors (Lipinski definition) is 3. The van der Waals surface area contributed by atoms with Gasteiger partial charge in [0.2, 0.25) is 0 Å². The molecule has 3 nitrogen and oxygen atoms in total. The fraction of sp³-hybridized carbons (Fsp3) is 1.00. The Kier molecular flexibility index (Phi) is 5.26. The van der Waals surface area contributed by atoms with Crippen LogP contribution < -0.4 is 5.32 Å². The van der Waals surface area contributed by atoms with Gasteiger partial charge in [0.05, 0.1) is 0 Å². The topological polar surface area (TPSA) is 18.5 Å². The summed E-state index contributed by atoms with van der Waals surface area (Å²) in [7, 11) is 4.38. The van der Waals surface area contributed by atoms with E-state index in [2.05, 4.69) is 29.2 Å². The van der Waals surface area contributed by atoms with Crippen molar-refractivity contribution in [3.63, 3.8) is 0 Å². The summed E-state index contributed by atoms with van der Waals surface area (Å²) in [6.07, 6.45) is 7.14. The Morgan fingerprint density at radius 2 is 2.00 bits per heavy atom. The molecule has 1 unspecified atom stereocenters. The van der Waals surface area contributed by atoms with Crippen molar-refractivity contribution in [3.05, 3.63) is 0 Å². The molecule has 0 aromatic carbocycles. The Labute approximate surface area is 107 Å². The lowest BCUT2D eigenvalue weighted by atomic mass is 10.1. The third kappa shape index (κ3) is 3.94. The van der Waals surface area contributed by atoms with Crippen molar-refractivity contribution in [2.24, 2.45) is 5.92 Å². The molecule has 1 aliphatic heterocycles. The van der Waals surface area contributed by atoms with Gasteiger partial charge in [-0.05, 0) is 52.4 Å². The van der Waals surface area contributed by atoms with E-state index in [1.165, 1.54) is 64.8 Å². The lowest BCUT2D eigenvalue weighted by Gasteiger charge is -2.26. The Morgan fingerprint density at radius 1 is 1.24 bits per heavy atom. The van der Waals surface area contributed by atoms with Crippen LogP contribution in [0.15, 0.2) is 0 Å². The van der Waals surface area contributed by atoms with E-state index in [9.17, 15) is 0 Å². The lowest BCUT2D eigenvalue weighted by molar-refractivity contribution is 0.204. The average molecular weight is 239 g/mol. The molecule has 2 rings (SSSR count). The molecule has 0 bridgehead atoms. The standard InChI is InChI=1S/C14H29N3/c1-15-11-13-7-8-17(12-13)10-9-16(2)14-5-3-4-6-14/h13-15H,3-12H2,1-2H3. The zero-order valence-corrected chi connectivity index (χ0v) is 11.6. The first-order valence-corrected chi connectivity index (χ1v) is 7.37. The second-order valence-corrected chi connectivity index (χ2v) is 5.93. The highest BCUT2D eigenvalue weighted by Crippen LogP contribution is 2.22. The minimum atomic E-state index is 0.880. The van der Waals surface area contributed by atoms with Crippen molar-refractivity contribution >= 4 is 0 Å². The van der Waals surface area contributed by atoms with Crippen LogP contribution >= 0.6 is 0 Å². The third-order valence-corrected chi connectivity index (χ3v) is 4.58. The molecule has 1 aliphatic carbocycles. The van der Waals surface area contributed by atoms with E-state index in [4.69, 9.17) is 0 Å². The van der Waals surface area contributed by atoms with Crippen molar-refractivity contribution in [2.45, 2.75) is 38.1 Å². The third-order valence-electron chi connectivity index (χ3n) is 4.58. The van der Waals surface area contributed by atoms with Crippen molar-refractivity contribution in [1.82, 2.24) is 15.1 Å². The van der Waals surface area contributed by atoms with Gasteiger partial charge >= 0.3 is 0 Å². The molecule has 2 fully saturated rings. The number of likely N-dealkylation sites (tertiary alicyclic amines) is 1. The van der Waals surface area contributed by atoms with Gasteiger partial charge in [0, 0.05) is 25.7 Å². The van der Waals surface area contributed by atoms with Gasteiger partial charge in [-0.25, -0.2) is 0 Å². The number of nitrogens with one attached hydrogen (secondary N) is 1. The van der Waals surface area contributed by atoms with Crippen LogP contribution in [0.4, 0.5) is 0 Å². The molecule has 3 heteroatoms. The lowest BCUT2D eigenvalue weighted by Crippen LogP contribution is -2.37. The second-order valence-electron chi connectivity index (χ2n) is 5.93. The van der Waals surface area contributed by atoms with E-state index in [0.717, 1.165) is 12.0 Å². The zero-order chi connectivity index (χ0) is 12.1. The molecule has 1 atom stereocenters. The fourth-order valence-electron chi connectivity index (χ4n) is 3.40. The summed E-state index contributed by atoms with van der Waals surface area (Å²) in [5.74, 6) is 0.886. The molecule has 0 radical (unpaired) electrons. The first kappa shape index (κ1) is 13.3. The summed E-state index contributed by atoms with van der Waals surface area (Å²) in [5, 5.41) is 3.30. The van der Waals surface area contributed by atoms with Crippen LogP contribution in [0.2, 0.25) is 0 Å². The molecule has 100 valence electrons. The molecular weight excluding hydrogens is 210 g/mol. The minimum Gasteiger partial charge on any atom is -0.319 e. The summed E-state index contributed by atoms with van der Waals surface area (Å²) in [5.41, 5.74) is 0. The Hall–Kier alpha value is -0.120. The minimum absolute atomic E-state index is 0.880. The highest BCUT2D eigenvalue weighted by Gasteiger charge is 2.23. The summed E-state index contributed by atoms with van der Waals surface area (Å²) < 4.78 is 0. The first-order chi connectivity index (χ1) is 8.29. The predicted molar refractivity (Wildman–Crippen MR) is 73.4 cm³/mol. The molecule has 0 amide bonds. The van der Waals surface area contributed by atoms with Crippen molar-refractivity contribution in [3.8, 4) is 0 Å². The maximum atomic E-state index is 3.30. The molecule has 0 aromatic heterocycles. The van der Waals surface area contributed by atoms with E-state index in [-0.39, 0.29) is 0 Å². The monoisotopic (exact) mass is 239 g/mol. The number of nitrogens with zero attached hydrogens (tertiary/aromatic N) is 2. The normalized spacial score (nSPS) is 27.4. The summed E-state index contributed by atoms with van der Waals surface area (Å²) in [6, 6.07) is 0.880. The smallest absolute Gasteiger partial charge is 0.0109 e. The van der Waals surface area contributed by atoms with E-state index in [1.807, 2.05) is 0 Å². The molecule has 0 aromatic rings. The predicted octanol–water partition coefficient (Wildman–Crippen LogP) is 1.40. The van der Waals surface area contributed by atoms with Gasteiger partial charge in [-0.2, -0.15) is 0 Å². The fourth-order valence-corrected chi connectivity index (χ4v) is 3.40. The quantitative estimate of drug-likeness (QED) is 0.756. The summed E-state index contributed by atoms with van der Waals surface area (Å²) in [4.78, 5) is 5.24. The largest absolute Gasteiger partial charge is 0.319 e. The van der Waals surface area contributed by atoms with Crippen LogP contribution in [0.1, 0.15) is 32.1 Å². The van der Waals surface area contributed by atoms with E-state index in [0.29, 0.717) is 0 Å². The molecule has 2 aliphatic rings. The van der Waals surface area contributed by atoms with Crippen molar-refractivity contribution < 1.29 is 0 Å². The maximum Gasteiger partial charge on any atom is 0.0109 e. The van der Waals surface area contributed by atoms with Crippen molar-refractivity contribution in [2.75, 3.05) is 46.8 Å². The van der Waals surface area contributed by atoms with Gasteiger partial charge in [-0.1, -0.05) is 12.8 Å². The summed E-state index contributed by atoms with van der Waals surface area (Å²) in [6.45, 7) is 6.34. The van der Waals surface area contributed by atoms with Gasteiger partial charge in [0.15, 0.2) is 0 Å². The maximum absolute atomic E-state index is 3.30. The molecular formula is C14H29N3. The van der Waals surface area contributed by atoms with Crippen LogP contribution in [0, 0.1) is 5.92 Å². The molecule has 1 saturated heterocycles. The van der Waals surface area contributed by atoms with Crippen LogP contribution in [-0.2, 0) is 0 Å². The van der Waals surface area contributed by atoms with Gasteiger partial charge in [-0.3, -0.25) is 0 Å². The van der Waals surface area contributed by atoms with E-state index < -0.39 is 0 Å². The summed E-state index contributed by atoms with van der Waals surface area (Å²) >= 11 is 0.